The number of nitrogens with zero attached hydrogens (tertiary/aromatic N) is 2. The molecule has 12 rings (SSSR count). The summed E-state index contributed by atoms with van der Waals surface area (Å²) in [6.45, 7) is 32.8. The van der Waals surface area contributed by atoms with E-state index in [0.717, 1.165) is 0 Å². The molecular weight excluding hydrogens is 808 g/mol. The Morgan fingerprint density at radius 3 is 1.66 bits per heavy atom. The molecule has 3 heteroatoms. The summed E-state index contributed by atoms with van der Waals surface area (Å²) in [5.74, 6) is 0. The first-order chi connectivity index (χ1) is 31.6. The molecule has 0 fully saturated rings. The molecule has 0 saturated heterocycles. The topological polar surface area (TPSA) is 9.86 Å². The van der Waals surface area contributed by atoms with Crippen LogP contribution < -0.4 is 10.9 Å². The summed E-state index contributed by atoms with van der Waals surface area (Å²) in [5, 5.41) is 7.95. The first-order valence-electron chi connectivity index (χ1n) is 24.6. The molecule has 0 aliphatic carbocycles. The Hall–Kier alpha value is -6.32. The summed E-state index contributed by atoms with van der Waals surface area (Å²) in [5.41, 5.74) is 25.2. The van der Waals surface area contributed by atoms with E-state index in [2.05, 4.69) is 233 Å². The van der Waals surface area contributed by atoms with Gasteiger partial charge in [-0.3, -0.25) is 0 Å². The minimum atomic E-state index is -0.0515. The van der Waals surface area contributed by atoms with Crippen molar-refractivity contribution in [1.29, 1.82) is 0 Å². The van der Waals surface area contributed by atoms with Crippen LogP contribution in [-0.2, 0) is 21.7 Å². The molecule has 2 nitrogen and oxygen atoms in total. The van der Waals surface area contributed by atoms with Gasteiger partial charge in [0, 0.05) is 43.8 Å². The molecule has 2 aliphatic rings. The highest BCUT2D eigenvalue weighted by molar-refractivity contribution is 6.90. The van der Waals surface area contributed by atoms with Gasteiger partial charge in [-0.15, -0.1) is 0 Å². The molecule has 2 aliphatic heterocycles. The van der Waals surface area contributed by atoms with E-state index in [1.807, 2.05) is 0 Å². The van der Waals surface area contributed by atoms with Gasteiger partial charge < -0.3 is 9.05 Å². The molecule has 10 aromatic rings. The van der Waals surface area contributed by atoms with Crippen LogP contribution in [0.4, 0.5) is 0 Å². The Kier molecular flexibility index (Phi) is 8.57. The minimum Gasteiger partial charge on any atom is -0.375 e. The van der Waals surface area contributed by atoms with Crippen LogP contribution in [0.15, 0.2) is 127 Å². The lowest BCUT2D eigenvalue weighted by Crippen LogP contribution is -2.55. The minimum absolute atomic E-state index is 0.0118. The normalized spacial score (nSPS) is 13.8. The summed E-state index contributed by atoms with van der Waals surface area (Å²) in [4.78, 5) is 0. The summed E-state index contributed by atoms with van der Waals surface area (Å²) in [6, 6.07) is 50.7. The molecule has 0 amide bonds. The fraction of sp³-hybridized carbons (Fsp3) is 0.281. The molecule has 0 bridgehead atoms. The fourth-order valence-electron chi connectivity index (χ4n) is 12.0. The van der Waals surface area contributed by atoms with Crippen molar-refractivity contribution < 1.29 is 0 Å². The molecule has 0 radical (unpaired) electrons. The van der Waals surface area contributed by atoms with E-state index in [4.69, 9.17) is 0 Å². The number of benzene rings is 8. The van der Waals surface area contributed by atoms with E-state index in [-0.39, 0.29) is 28.5 Å². The largest absolute Gasteiger partial charge is 0.375 e. The molecular formula is C64H63BN2. The van der Waals surface area contributed by atoms with Gasteiger partial charge in [-0.2, -0.15) is 0 Å². The maximum atomic E-state index is 2.75. The lowest BCUT2D eigenvalue weighted by atomic mass is 9.45. The van der Waals surface area contributed by atoms with Crippen molar-refractivity contribution >= 4 is 72.2 Å². The number of rotatable bonds is 2. The summed E-state index contributed by atoms with van der Waals surface area (Å²) < 4.78 is 5.41. The van der Waals surface area contributed by atoms with Crippen LogP contribution in [0.5, 0.6) is 0 Å². The van der Waals surface area contributed by atoms with Crippen LogP contribution in [0.2, 0.25) is 0 Å². The van der Waals surface area contributed by atoms with Crippen molar-refractivity contribution in [3.05, 3.63) is 161 Å². The number of hydrogen-bond donors (Lipinski definition) is 0. The molecule has 0 unspecified atom stereocenters. The Balaban J connectivity index is 1.27. The molecule has 67 heavy (non-hydrogen) atoms. The SMILES string of the molecule is Cc1cccc(C)c1-c1cccc2c1ccc1c2c2cccc3c2n1-c1cc(-c2cc(C(C)(C)C)cc(C(C)(C)C)c2)cc2c1B3n1c3ccc(C(C)(C)C)cc3c3cc(C(C)(C)C)cc-2c31. The summed E-state index contributed by atoms with van der Waals surface area (Å²) in [6.07, 6.45) is 0. The number of hydrogen-bond acceptors (Lipinski definition) is 0. The van der Waals surface area contributed by atoms with Gasteiger partial charge in [0.2, 0.25) is 0 Å². The van der Waals surface area contributed by atoms with E-state index in [9.17, 15) is 0 Å². The number of aryl methyl sites for hydroxylation is 2. The highest BCUT2D eigenvalue weighted by Gasteiger charge is 2.42. The van der Waals surface area contributed by atoms with Crippen LogP contribution in [0.25, 0.3) is 93.5 Å². The lowest BCUT2D eigenvalue weighted by Gasteiger charge is -2.35. The lowest BCUT2D eigenvalue weighted by molar-refractivity contribution is 0.569. The van der Waals surface area contributed by atoms with Gasteiger partial charge in [0.1, 0.15) is 0 Å². The quantitative estimate of drug-likeness (QED) is 0.153. The summed E-state index contributed by atoms with van der Waals surface area (Å²) >= 11 is 0. The smallest absolute Gasteiger partial charge is 0.333 e. The van der Waals surface area contributed by atoms with Crippen LogP contribution in [0, 0.1) is 13.8 Å². The van der Waals surface area contributed by atoms with Gasteiger partial charge in [-0.25, -0.2) is 0 Å². The third-order valence-corrected chi connectivity index (χ3v) is 15.7. The Bertz CT molecular complexity index is 3750. The van der Waals surface area contributed by atoms with Gasteiger partial charge in [0.25, 0.3) is 0 Å². The second-order valence-corrected chi connectivity index (χ2v) is 24.4. The zero-order valence-corrected chi connectivity index (χ0v) is 42.1. The second kappa shape index (κ2) is 13.7. The van der Waals surface area contributed by atoms with Crippen molar-refractivity contribution in [1.82, 2.24) is 9.05 Å². The van der Waals surface area contributed by atoms with Crippen LogP contribution in [0.3, 0.4) is 0 Å². The monoisotopic (exact) mass is 871 g/mol. The predicted molar refractivity (Wildman–Crippen MR) is 292 cm³/mol. The summed E-state index contributed by atoms with van der Waals surface area (Å²) in [7, 11) is 0. The van der Waals surface area contributed by atoms with Crippen molar-refractivity contribution in [2.75, 3.05) is 0 Å². The Morgan fingerprint density at radius 2 is 0.985 bits per heavy atom. The van der Waals surface area contributed by atoms with Gasteiger partial charge in [-0.1, -0.05) is 168 Å². The molecule has 0 atom stereocenters. The van der Waals surface area contributed by atoms with Crippen molar-refractivity contribution in [3.8, 4) is 39.1 Å². The van der Waals surface area contributed by atoms with E-state index < -0.39 is 0 Å². The van der Waals surface area contributed by atoms with Gasteiger partial charge in [-0.05, 0) is 161 Å². The maximum absolute atomic E-state index is 2.75. The van der Waals surface area contributed by atoms with Gasteiger partial charge in [0.05, 0.1) is 11.0 Å². The molecule has 8 aromatic carbocycles. The van der Waals surface area contributed by atoms with E-state index in [1.54, 1.807) is 0 Å². The zero-order valence-electron chi connectivity index (χ0n) is 42.1. The molecule has 0 spiro atoms. The van der Waals surface area contributed by atoms with Crippen LogP contribution in [0.1, 0.15) is 116 Å². The van der Waals surface area contributed by atoms with E-state index in [0.29, 0.717) is 0 Å². The number of aromatic nitrogens is 2. The fourth-order valence-corrected chi connectivity index (χ4v) is 12.0. The third kappa shape index (κ3) is 6.02. The molecule has 0 N–H and O–H groups in total. The highest BCUT2D eigenvalue weighted by Crippen LogP contribution is 2.48. The second-order valence-electron chi connectivity index (χ2n) is 24.4. The average Bonchev–Trinajstić information content (AvgIpc) is 3.78. The molecule has 332 valence electrons. The predicted octanol–water partition coefficient (Wildman–Crippen LogP) is 16.1. The number of fused-ring (bicyclic) bond motifs is 12. The zero-order chi connectivity index (χ0) is 47.0. The first kappa shape index (κ1) is 42.1. The number of para-hydroxylation sites is 1. The van der Waals surface area contributed by atoms with Crippen molar-refractivity contribution in [2.24, 2.45) is 0 Å². The Labute approximate surface area is 397 Å². The highest BCUT2D eigenvalue weighted by atomic mass is 15.0. The maximum Gasteiger partial charge on any atom is 0.333 e. The van der Waals surface area contributed by atoms with Crippen molar-refractivity contribution in [3.63, 3.8) is 0 Å². The van der Waals surface area contributed by atoms with Gasteiger partial charge >= 0.3 is 6.85 Å². The first-order valence-corrected chi connectivity index (χ1v) is 24.6. The molecule has 2 aromatic heterocycles. The average molecular weight is 871 g/mol. The third-order valence-electron chi connectivity index (χ3n) is 15.7. The molecule has 4 heterocycles. The Morgan fingerprint density at radius 1 is 0.403 bits per heavy atom. The standard InChI is InChI=1S/C64H63BN2/c1-36-18-15-19-37(2)56(36)45-20-16-21-46-44(45)25-27-54-57(46)47-22-17-23-52-60(47)66(54)55-31-39(38-28-41(62(6,7)8)32-42(29-38)63(9,10)11)30-49-51-35-43(64(12,13)14)34-50-48-33-40(61(3,4)5)24-26-53(48)67(59(50)51)65(52)58(49)55/h15-35H,1-14H3. The van der Waals surface area contributed by atoms with E-state index >= 15 is 0 Å². The van der Waals surface area contributed by atoms with Gasteiger partial charge in [0.15, 0.2) is 0 Å². The van der Waals surface area contributed by atoms with Crippen LogP contribution in [-0.4, -0.2) is 15.9 Å². The molecule has 0 saturated carbocycles. The van der Waals surface area contributed by atoms with Crippen molar-refractivity contribution in [2.45, 2.75) is 119 Å². The van der Waals surface area contributed by atoms with Crippen LogP contribution >= 0.6 is 0 Å². The van der Waals surface area contributed by atoms with E-state index in [1.165, 1.54) is 138 Å².